The van der Waals surface area contributed by atoms with Crippen LogP contribution >= 0.6 is 0 Å². The van der Waals surface area contributed by atoms with Gasteiger partial charge < -0.3 is 11.1 Å². The smallest absolute Gasteiger partial charge is 0.221 e. The molecule has 0 amide bonds. The highest BCUT2D eigenvalue weighted by Gasteiger charge is 1.96. The van der Waals surface area contributed by atoms with Crippen LogP contribution in [0.2, 0.25) is 0 Å². The first-order valence-electron chi connectivity index (χ1n) is 4.98. The maximum atomic E-state index is 5.47. The van der Waals surface area contributed by atoms with E-state index in [1.165, 1.54) is 0 Å². The second-order valence-electron chi connectivity index (χ2n) is 3.46. The minimum absolute atomic E-state index is 0.270. The molecule has 3 N–H and O–H groups in total. The molecule has 2 aromatic rings. The fraction of sp³-hybridized carbons (Fsp3) is 0.182. The monoisotopic (exact) mass is 215 g/mol. The number of aromatic nitrogens is 3. The maximum absolute atomic E-state index is 5.47. The lowest BCUT2D eigenvalue weighted by Gasteiger charge is -2.05. The van der Waals surface area contributed by atoms with E-state index in [0.29, 0.717) is 12.4 Å². The molecule has 2 aromatic heterocycles. The Balaban J connectivity index is 1.99. The van der Waals surface area contributed by atoms with E-state index in [1.807, 2.05) is 25.3 Å². The summed E-state index contributed by atoms with van der Waals surface area (Å²) in [6.45, 7) is 2.63. The summed E-state index contributed by atoms with van der Waals surface area (Å²) >= 11 is 0. The third kappa shape index (κ3) is 2.66. The average molecular weight is 215 g/mol. The first kappa shape index (κ1) is 10.4. The van der Waals surface area contributed by atoms with Crippen LogP contribution in [0.25, 0.3) is 0 Å². The van der Waals surface area contributed by atoms with Gasteiger partial charge in [0.1, 0.15) is 5.82 Å². The lowest BCUT2D eigenvalue weighted by atomic mass is 10.2. The zero-order chi connectivity index (χ0) is 11.4. The molecule has 82 valence electrons. The number of nitrogens with zero attached hydrogens (tertiary/aromatic N) is 3. The van der Waals surface area contributed by atoms with Crippen LogP contribution in [-0.4, -0.2) is 15.0 Å². The van der Waals surface area contributed by atoms with Crippen molar-refractivity contribution in [2.75, 3.05) is 11.1 Å². The van der Waals surface area contributed by atoms with Crippen LogP contribution in [0.1, 0.15) is 11.3 Å². The maximum Gasteiger partial charge on any atom is 0.221 e. The van der Waals surface area contributed by atoms with Crippen LogP contribution in [0, 0.1) is 6.92 Å². The van der Waals surface area contributed by atoms with E-state index in [0.717, 1.165) is 11.3 Å². The summed E-state index contributed by atoms with van der Waals surface area (Å²) in [5.41, 5.74) is 7.58. The van der Waals surface area contributed by atoms with Crippen molar-refractivity contribution in [3.05, 3.63) is 41.9 Å². The Morgan fingerprint density at radius 2 is 2.12 bits per heavy atom. The fourth-order valence-corrected chi connectivity index (χ4v) is 1.27. The average Bonchev–Trinajstić information content (AvgIpc) is 2.28. The Kier molecular flexibility index (Phi) is 2.95. The molecule has 0 aliphatic carbocycles. The summed E-state index contributed by atoms with van der Waals surface area (Å²) in [5, 5.41) is 3.15. The van der Waals surface area contributed by atoms with Crippen molar-refractivity contribution in [2.45, 2.75) is 13.5 Å². The van der Waals surface area contributed by atoms with Crippen LogP contribution in [-0.2, 0) is 6.54 Å². The Bertz CT molecular complexity index is 466. The van der Waals surface area contributed by atoms with Gasteiger partial charge in [-0.1, -0.05) is 6.07 Å². The van der Waals surface area contributed by atoms with Gasteiger partial charge >= 0.3 is 0 Å². The second-order valence-corrected chi connectivity index (χ2v) is 3.46. The third-order valence-corrected chi connectivity index (χ3v) is 2.12. The molecular weight excluding hydrogens is 202 g/mol. The van der Waals surface area contributed by atoms with Crippen LogP contribution in [0.5, 0.6) is 0 Å². The molecule has 0 unspecified atom stereocenters. The van der Waals surface area contributed by atoms with Crippen LogP contribution in [0.4, 0.5) is 11.8 Å². The molecule has 0 saturated heterocycles. The van der Waals surface area contributed by atoms with E-state index in [2.05, 4.69) is 20.3 Å². The summed E-state index contributed by atoms with van der Waals surface area (Å²) in [6, 6.07) is 5.78. The number of anilines is 2. The number of pyridine rings is 1. The van der Waals surface area contributed by atoms with E-state index < -0.39 is 0 Å². The van der Waals surface area contributed by atoms with E-state index in [4.69, 9.17) is 5.73 Å². The lowest BCUT2D eigenvalue weighted by molar-refractivity contribution is 1.06. The van der Waals surface area contributed by atoms with Gasteiger partial charge in [0.25, 0.3) is 0 Å². The van der Waals surface area contributed by atoms with Crippen molar-refractivity contribution in [1.29, 1.82) is 0 Å². The Morgan fingerprint density at radius 1 is 1.25 bits per heavy atom. The van der Waals surface area contributed by atoms with E-state index in [-0.39, 0.29) is 5.95 Å². The molecule has 0 atom stereocenters. The highest BCUT2D eigenvalue weighted by Crippen LogP contribution is 2.06. The van der Waals surface area contributed by atoms with E-state index in [1.54, 1.807) is 12.3 Å². The number of nitrogens with one attached hydrogen (secondary N) is 1. The van der Waals surface area contributed by atoms with Gasteiger partial charge in [-0.3, -0.25) is 4.98 Å². The van der Waals surface area contributed by atoms with Crippen LogP contribution < -0.4 is 11.1 Å². The van der Waals surface area contributed by atoms with Crippen molar-refractivity contribution in [3.8, 4) is 0 Å². The Labute approximate surface area is 93.8 Å². The molecule has 2 rings (SSSR count). The standard InChI is InChI=1S/C11H13N5/c1-8-2-3-9(6-14-8)7-15-10-4-5-13-11(12)16-10/h2-6H,7H2,1H3,(H3,12,13,15,16). The third-order valence-electron chi connectivity index (χ3n) is 2.12. The zero-order valence-corrected chi connectivity index (χ0v) is 9.01. The summed E-state index contributed by atoms with van der Waals surface area (Å²) in [4.78, 5) is 12.1. The molecule has 0 aliphatic rings. The zero-order valence-electron chi connectivity index (χ0n) is 9.01. The van der Waals surface area contributed by atoms with Crippen molar-refractivity contribution in [1.82, 2.24) is 15.0 Å². The summed E-state index contributed by atoms with van der Waals surface area (Å²) in [5.74, 6) is 0.986. The van der Waals surface area contributed by atoms with Crippen LogP contribution in [0.3, 0.4) is 0 Å². The summed E-state index contributed by atoms with van der Waals surface area (Å²) in [6.07, 6.45) is 3.46. The molecule has 2 heterocycles. The highest BCUT2D eigenvalue weighted by molar-refractivity contribution is 5.38. The normalized spacial score (nSPS) is 10.1. The van der Waals surface area contributed by atoms with Crippen molar-refractivity contribution in [2.24, 2.45) is 0 Å². The van der Waals surface area contributed by atoms with Gasteiger partial charge in [0, 0.05) is 24.6 Å². The predicted molar refractivity (Wildman–Crippen MR) is 62.7 cm³/mol. The number of rotatable bonds is 3. The fourth-order valence-electron chi connectivity index (χ4n) is 1.27. The first-order chi connectivity index (χ1) is 7.74. The summed E-state index contributed by atoms with van der Waals surface area (Å²) < 4.78 is 0. The van der Waals surface area contributed by atoms with Crippen molar-refractivity contribution < 1.29 is 0 Å². The molecule has 0 aromatic carbocycles. The minimum atomic E-state index is 0.270. The van der Waals surface area contributed by atoms with Gasteiger partial charge in [0.15, 0.2) is 0 Å². The molecule has 16 heavy (non-hydrogen) atoms. The summed E-state index contributed by atoms with van der Waals surface area (Å²) in [7, 11) is 0. The number of hydrogen-bond acceptors (Lipinski definition) is 5. The van der Waals surface area contributed by atoms with E-state index >= 15 is 0 Å². The largest absolute Gasteiger partial charge is 0.368 e. The van der Waals surface area contributed by atoms with Gasteiger partial charge in [0.05, 0.1) is 0 Å². The number of nitrogen functional groups attached to an aromatic ring is 1. The van der Waals surface area contributed by atoms with Gasteiger partial charge in [-0.05, 0) is 24.6 Å². The van der Waals surface area contributed by atoms with Crippen molar-refractivity contribution in [3.63, 3.8) is 0 Å². The van der Waals surface area contributed by atoms with Gasteiger partial charge in [-0.15, -0.1) is 0 Å². The Hall–Kier alpha value is -2.17. The molecule has 0 radical (unpaired) electrons. The van der Waals surface area contributed by atoms with E-state index in [9.17, 15) is 0 Å². The molecule has 0 bridgehead atoms. The highest BCUT2D eigenvalue weighted by atomic mass is 15.1. The quantitative estimate of drug-likeness (QED) is 0.808. The van der Waals surface area contributed by atoms with Gasteiger partial charge in [0.2, 0.25) is 5.95 Å². The number of hydrogen-bond donors (Lipinski definition) is 2. The number of nitrogens with two attached hydrogens (primary N) is 1. The number of aryl methyl sites for hydroxylation is 1. The molecule has 0 aliphatic heterocycles. The van der Waals surface area contributed by atoms with Gasteiger partial charge in [-0.25, -0.2) is 4.98 Å². The minimum Gasteiger partial charge on any atom is -0.368 e. The topological polar surface area (TPSA) is 76.7 Å². The predicted octanol–water partition coefficient (Wildman–Crippen LogP) is 1.37. The molecular formula is C11H13N5. The molecule has 0 spiro atoms. The van der Waals surface area contributed by atoms with Gasteiger partial charge in [-0.2, -0.15) is 4.98 Å². The lowest BCUT2D eigenvalue weighted by Crippen LogP contribution is -2.04. The van der Waals surface area contributed by atoms with Crippen molar-refractivity contribution >= 4 is 11.8 Å². The molecule has 0 saturated carbocycles. The molecule has 5 heteroatoms. The SMILES string of the molecule is Cc1ccc(CNc2ccnc(N)n2)cn1. The first-order valence-corrected chi connectivity index (χ1v) is 4.98. The molecule has 5 nitrogen and oxygen atoms in total. The molecule has 0 fully saturated rings. The van der Waals surface area contributed by atoms with Crippen LogP contribution in [0.15, 0.2) is 30.6 Å². The second kappa shape index (κ2) is 4.57. The Morgan fingerprint density at radius 3 is 2.81 bits per heavy atom.